The zero-order valence-electron chi connectivity index (χ0n) is 24.0. The summed E-state index contributed by atoms with van der Waals surface area (Å²) in [5.41, 5.74) is 3.45. The molecule has 0 radical (unpaired) electrons. The van der Waals surface area contributed by atoms with Crippen LogP contribution < -0.4 is 5.32 Å². The standard InChI is InChI=1S/C30H39N7O4/c1-4-41-29(39)36-18-12-22(13-19-36)25-7-5-17-37-26(25)32-28(33-37)31-24-10-8-23(9-11-24)27(38)35-16-6-14-30(40,15-20-35)21-34(2)3/h5,7-12,17,40H,4,6,13-16,18-21H2,1-3H3,(H,31,33). The van der Waals surface area contributed by atoms with Gasteiger partial charge in [0.05, 0.1) is 12.2 Å². The zero-order chi connectivity index (χ0) is 29.0. The van der Waals surface area contributed by atoms with Crippen LogP contribution in [0.1, 0.15) is 48.5 Å². The number of rotatable bonds is 7. The van der Waals surface area contributed by atoms with Crippen molar-refractivity contribution in [3.63, 3.8) is 0 Å². The molecule has 3 aromatic rings. The Morgan fingerprint density at radius 2 is 1.90 bits per heavy atom. The SMILES string of the molecule is CCOC(=O)N1CC=C(c2cccn3nc(Nc4ccc(C(=O)N5CCCC(O)(CN(C)C)CC5)cc4)nc23)CC1. The first-order valence-corrected chi connectivity index (χ1v) is 14.2. The summed E-state index contributed by atoms with van der Waals surface area (Å²) in [6.45, 7) is 5.02. The van der Waals surface area contributed by atoms with Crippen molar-refractivity contribution < 1.29 is 19.4 Å². The Balaban J connectivity index is 1.24. The van der Waals surface area contributed by atoms with E-state index in [-0.39, 0.29) is 12.0 Å². The van der Waals surface area contributed by atoms with Gasteiger partial charge in [-0.2, -0.15) is 4.98 Å². The number of aliphatic hydroxyl groups is 1. The van der Waals surface area contributed by atoms with Gasteiger partial charge in [0.1, 0.15) is 0 Å². The molecular formula is C30H39N7O4. The number of nitrogens with zero attached hydrogens (tertiary/aromatic N) is 6. The van der Waals surface area contributed by atoms with Gasteiger partial charge >= 0.3 is 6.09 Å². The van der Waals surface area contributed by atoms with Crippen molar-refractivity contribution in [2.24, 2.45) is 0 Å². The topological polar surface area (TPSA) is 116 Å². The normalized spacial score (nSPS) is 19.7. The van der Waals surface area contributed by atoms with E-state index in [1.54, 1.807) is 16.3 Å². The molecule has 1 atom stereocenters. The van der Waals surface area contributed by atoms with Crippen LogP contribution in [0.5, 0.6) is 0 Å². The molecule has 218 valence electrons. The fourth-order valence-corrected chi connectivity index (χ4v) is 5.64. The highest BCUT2D eigenvalue weighted by Crippen LogP contribution is 2.27. The molecule has 5 rings (SSSR count). The summed E-state index contributed by atoms with van der Waals surface area (Å²) >= 11 is 0. The summed E-state index contributed by atoms with van der Waals surface area (Å²) in [5, 5.41) is 18.8. The third-order valence-corrected chi connectivity index (χ3v) is 7.65. The summed E-state index contributed by atoms with van der Waals surface area (Å²) in [4.78, 5) is 35.5. The molecule has 2 aliphatic heterocycles. The number of hydrogen-bond acceptors (Lipinski definition) is 8. The molecular weight excluding hydrogens is 522 g/mol. The Morgan fingerprint density at radius 1 is 1.10 bits per heavy atom. The van der Waals surface area contributed by atoms with Crippen molar-refractivity contribution in [2.75, 3.05) is 58.7 Å². The van der Waals surface area contributed by atoms with Crippen molar-refractivity contribution in [3.8, 4) is 0 Å². The predicted molar refractivity (Wildman–Crippen MR) is 157 cm³/mol. The minimum atomic E-state index is -0.760. The van der Waals surface area contributed by atoms with E-state index in [1.807, 2.05) is 72.6 Å². The Bertz CT molecular complexity index is 1420. The maximum absolute atomic E-state index is 13.2. The second kappa shape index (κ2) is 12.3. The largest absolute Gasteiger partial charge is 0.450 e. The lowest BCUT2D eigenvalue weighted by Gasteiger charge is -2.30. The van der Waals surface area contributed by atoms with Crippen molar-refractivity contribution in [2.45, 2.75) is 38.2 Å². The molecule has 2 aliphatic rings. The quantitative estimate of drug-likeness (QED) is 0.449. The van der Waals surface area contributed by atoms with Crippen LogP contribution in [-0.2, 0) is 4.74 Å². The highest BCUT2D eigenvalue weighted by Gasteiger charge is 2.32. The number of aromatic nitrogens is 3. The summed E-state index contributed by atoms with van der Waals surface area (Å²) < 4.78 is 6.86. The third-order valence-electron chi connectivity index (χ3n) is 7.65. The van der Waals surface area contributed by atoms with Crippen molar-refractivity contribution >= 4 is 34.9 Å². The number of benzene rings is 1. The Morgan fingerprint density at radius 3 is 2.61 bits per heavy atom. The second-order valence-corrected chi connectivity index (χ2v) is 11.1. The lowest BCUT2D eigenvalue weighted by Crippen LogP contribution is -2.41. The molecule has 41 heavy (non-hydrogen) atoms. The number of carbonyl (C=O) groups is 2. The van der Waals surface area contributed by atoms with E-state index >= 15 is 0 Å². The molecule has 11 nitrogen and oxygen atoms in total. The maximum atomic E-state index is 13.2. The van der Waals surface area contributed by atoms with Gasteiger partial charge in [0.25, 0.3) is 5.91 Å². The van der Waals surface area contributed by atoms with E-state index in [0.717, 1.165) is 28.9 Å². The molecule has 2 aromatic heterocycles. The van der Waals surface area contributed by atoms with Crippen LogP contribution in [0.3, 0.4) is 0 Å². The van der Waals surface area contributed by atoms with Crippen LogP contribution in [0.2, 0.25) is 0 Å². The molecule has 2 amide bonds. The highest BCUT2D eigenvalue weighted by atomic mass is 16.6. The smallest absolute Gasteiger partial charge is 0.410 e. The summed E-state index contributed by atoms with van der Waals surface area (Å²) in [6.07, 6.45) is 6.34. The summed E-state index contributed by atoms with van der Waals surface area (Å²) in [6, 6.07) is 11.3. The van der Waals surface area contributed by atoms with Crippen LogP contribution in [0.15, 0.2) is 48.7 Å². The second-order valence-electron chi connectivity index (χ2n) is 11.1. The van der Waals surface area contributed by atoms with Crippen molar-refractivity contribution in [1.82, 2.24) is 29.3 Å². The number of likely N-dealkylation sites (tertiary alicyclic amines) is 1. The Kier molecular flexibility index (Phi) is 8.55. The molecule has 11 heteroatoms. The number of pyridine rings is 1. The molecule has 0 aliphatic carbocycles. The van der Waals surface area contributed by atoms with Gasteiger partial charge in [-0.05, 0) is 88.7 Å². The van der Waals surface area contributed by atoms with E-state index in [2.05, 4.69) is 10.4 Å². The Labute approximate surface area is 240 Å². The molecule has 2 N–H and O–H groups in total. The van der Waals surface area contributed by atoms with Crippen LogP contribution in [0.25, 0.3) is 11.2 Å². The van der Waals surface area contributed by atoms with Crippen LogP contribution in [0, 0.1) is 0 Å². The number of fused-ring (bicyclic) bond motifs is 1. The van der Waals surface area contributed by atoms with E-state index in [9.17, 15) is 14.7 Å². The van der Waals surface area contributed by atoms with E-state index in [4.69, 9.17) is 9.72 Å². The lowest BCUT2D eigenvalue weighted by atomic mass is 9.94. The van der Waals surface area contributed by atoms with Gasteiger partial charge < -0.3 is 29.9 Å². The maximum Gasteiger partial charge on any atom is 0.410 e. The van der Waals surface area contributed by atoms with Crippen LogP contribution in [-0.4, -0.2) is 105 Å². The number of amides is 2. The Hall–Kier alpha value is -3.96. The van der Waals surface area contributed by atoms with Gasteiger partial charge in [-0.15, -0.1) is 5.10 Å². The fraction of sp³-hybridized carbons (Fsp3) is 0.467. The average molecular weight is 562 g/mol. The van der Waals surface area contributed by atoms with Gasteiger partial charge in [0, 0.05) is 55.7 Å². The van der Waals surface area contributed by atoms with Crippen LogP contribution >= 0.6 is 0 Å². The number of nitrogens with one attached hydrogen (secondary N) is 1. The van der Waals surface area contributed by atoms with Crippen LogP contribution in [0.4, 0.5) is 16.4 Å². The fourth-order valence-electron chi connectivity index (χ4n) is 5.64. The molecule has 1 aromatic carbocycles. The number of ether oxygens (including phenoxy) is 1. The van der Waals surface area contributed by atoms with Crippen molar-refractivity contribution in [1.29, 1.82) is 0 Å². The van der Waals surface area contributed by atoms with E-state index in [0.29, 0.717) is 70.1 Å². The van der Waals surface area contributed by atoms with Gasteiger partial charge in [0.2, 0.25) is 5.95 Å². The average Bonchev–Trinajstić information content (AvgIpc) is 3.27. The number of likely N-dealkylation sites (N-methyl/N-ethyl adjacent to an activating group) is 1. The molecule has 4 heterocycles. The zero-order valence-corrected chi connectivity index (χ0v) is 24.0. The lowest BCUT2D eigenvalue weighted by molar-refractivity contribution is 0.00304. The molecule has 1 fully saturated rings. The minimum absolute atomic E-state index is 0.0246. The number of anilines is 2. The molecule has 1 saturated heterocycles. The number of carbonyl (C=O) groups excluding carboxylic acids is 2. The first kappa shape index (κ1) is 28.6. The summed E-state index contributed by atoms with van der Waals surface area (Å²) in [5.74, 6) is 0.428. The van der Waals surface area contributed by atoms with Crippen molar-refractivity contribution in [3.05, 3.63) is 59.8 Å². The van der Waals surface area contributed by atoms with E-state index < -0.39 is 5.60 Å². The van der Waals surface area contributed by atoms with Gasteiger partial charge in [-0.25, -0.2) is 9.31 Å². The molecule has 1 unspecified atom stereocenters. The molecule has 0 bridgehead atoms. The first-order chi connectivity index (χ1) is 19.7. The highest BCUT2D eigenvalue weighted by molar-refractivity contribution is 5.94. The van der Waals surface area contributed by atoms with E-state index in [1.165, 1.54) is 0 Å². The number of hydrogen-bond donors (Lipinski definition) is 2. The van der Waals surface area contributed by atoms with Gasteiger partial charge in [-0.3, -0.25) is 4.79 Å². The third kappa shape index (κ3) is 6.68. The van der Waals surface area contributed by atoms with Gasteiger partial charge in [-0.1, -0.05) is 6.08 Å². The first-order valence-electron chi connectivity index (χ1n) is 14.2. The monoisotopic (exact) mass is 561 g/mol. The molecule has 0 spiro atoms. The predicted octanol–water partition coefficient (Wildman–Crippen LogP) is 3.64. The van der Waals surface area contributed by atoms with Gasteiger partial charge in [0.15, 0.2) is 5.65 Å². The molecule has 0 saturated carbocycles. The summed E-state index contributed by atoms with van der Waals surface area (Å²) in [7, 11) is 3.91. The minimum Gasteiger partial charge on any atom is -0.450 e.